The fourth-order valence-electron chi connectivity index (χ4n) is 2.53. The van der Waals surface area contributed by atoms with Gasteiger partial charge in [-0.1, -0.05) is 6.07 Å². The number of hydrogen-bond donors (Lipinski definition) is 0. The number of nitrogens with zero attached hydrogens (tertiary/aromatic N) is 2. The van der Waals surface area contributed by atoms with Crippen molar-refractivity contribution in [1.29, 1.82) is 0 Å². The van der Waals surface area contributed by atoms with E-state index in [1.165, 1.54) is 10.6 Å². The highest BCUT2D eigenvalue weighted by Gasteiger charge is 2.30. The molecule has 1 aliphatic heterocycles. The van der Waals surface area contributed by atoms with Crippen LogP contribution in [0, 0.1) is 0 Å². The molecule has 0 saturated carbocycles. The Labute approximate surface area is 139 Å². The molecular formula is C18H18N2O4. The molecule has 0 bridgehead atoms. The lowest BCUT2D eigenvalue weighted by Gasteiger charge is -2.30. The molecule has 2 heterocycles. The highest BCUT2D eigenvalue weighted by molar-refractivity contribution is 6.05. The fourth-order valence-corrected chi connectivity index (χ4v) is 2.53. The van der Waals surface area contributed by atoms with Gasteiger partial charge in [-0.2, -0.15) is 0 Å². The first kappa shape index (κ1) is 16.0. The smallest absolute Gasteiger partial charge is 0.338 e. The van der Waals surface area contributed by atoms with Gasteiger partial charge in [0.15, 0.2) is 5.72 Å². The molecule has 6 nitrogen and oxygen atoms in total. The molecule has 0 aliphatic carbocycles. The average molecular weight is 326 g/mol. The van der Waals surface area contributed by atoms with Gasteiger partial charge in [-0.3, -0.25) is 9.36 Å². The molecule has 0 radical (unpaired) electrons. The van der Waals surface area contributed by atoms with E-state index >= 15 is 0 Å². The maximum atomic E-state index is 12.2. The Morgan fingerprint density at radius 3 is 2.79 bits per heavy atom. The summed E-state index contributed by atoms with van der Waals surface area (Å²) in [5.74, 6) is 0.580. The Kier molecular flexibility index (Phi) is 3.97. The Bertz CT molecular complexity index is 881. The van der Waals surface area contributed by atoms with Crippen LogP contribution in [0.5, 0.6) is 5.75 Å². The van der Waals surface area contributed by atoms with Gasteiger partial charge in [-0.05, 0) is 45.0 Å². The molecule has 0 saturated heterocycles. The summed E-state index contributed by atoms with van der Waals surface area (Å²) in [5, 5.41) is 0. The molecule has 2 aromatic rings. The van der Waals surface area contributed by atoms with Crippen LogP contribution in [0.4, 0.5) is 0 Å². The van der Waals surface area contributed by atoms with E-state index in [0.717, 1.165) is 0 Å². The molecule has 0 amide bonds. The summed E-state index contributed by atoms with van der Waals surface area (Å²) in [4.78, 5) is 28.7. The maximum Gasteiger partial charge on any atom is 0.338 e. The van der Waals surface area contributed by atoms with Gasteiger partial charge in [0.1, 0.15) is 11.6 Å². The molecule has 124 valence electrons. The molecule has 1 aliphatic rings. The van der Waals surface area contributed by atoms with Gasteiger partial charge in [0.2, 0.25) is 0 Å². The lowest BCUT2D eigenvalue weighted by atomic mass is 10.1. The number of aliphatic imine (C=N–C) groups is 1. The summed E-state index contributed by atoms with van der Waals surface area (Å²) in [5.41, 5.74) is -0.0616. The number of ether oxygens (including phenoxy) is 2. The fraction of sp³-hybridized carbons (Fsp3) is 0.278. The number of carbonyl (C=O) groups excluding carboxylic acids is 1. The van der Waals surface area contributed by atoms with Crippen molar-refractivity contribution in [3.63, 3.8) is 0 Å². The van der Waals surface area contributed by atoms with E-state index < -0.39 is 11.7 Å². The van der Waals surface area contributed by atoms with E-state index in [9.17, 15) is 9.59 Å². The highest BCUT2D eigenvalue weighted by atomic mass is 16.5. The van der Waals surface area contributed by atoms with Gasteiger partial charge in [0.05, 0.1) is 17.7 Å². The van der Waals surface area contributed by atoms with Crippen LogP contribution in [0.15, 0.2) is 52.4 Å². The van der Waals surface area contributed by atoms with Crippen LogP contribution in [0.3, 0.4) is 0 Å². The van der Waals surface area contributed by atoms with Crippen LogP contribution < -0.4 is 10.3 Å². The van der Waals surface area contributed by atoms with Crippen LogP contribution in [0.2, 0.25) is 0 Å². The molecule has 0 unspecified atom stereocenters. The zero-order chi connectivity index (χ0) is 17.3. The summed E-state index contributed by atoms with van der Waals surface area (Å²) in [7, 11) is 0. The minimum Gasteiger partial charge on any atom is -0.466 e. The Morgan fingerprint density at radius 2 is 2.08 bits per heavy atom. The van der Waals surface area contributed by atoms with E-state index in [0.29, 0.717) is 29.3 Å². The van der Waals surface area contributed by atoms with Crippen molar-refractivity contribution in [2.75, 3.05) is 6.61 Å². The zero-order valence-corrected chi connectivity index (χ0v) is 13.8. The second-order valence-corrected chi connectivity index (χ2v) is 5.82. The van der Waals surface area contributed by atoms with Crippen LogP contribution in [-0.4, -0.2) is 28.7 Å². The summed E-state index contributed by atoms with van der Waals surface area (Å²) in [6.07, 6.45) is 1.64. The molecule has 24 heavy (non-hydrogen) atoms. The Morgan fingerprint density at radius 1 is 1.29 bits per heavy atom. The summed E-state index contributed by atoms with van der Waals surface area (Å²) >= 11 is 0. The van der Waals surface area contributed by atoms with Crippen LogP contribution >= 0.6 is 0 Å². The number of pyridine rings is 1. The lowest BCUT2D eigenvalue weighted by Crippen LogP contribution is -2.37. The predicted molar refractivity (Wildman–Crippen MR) is 89.7 cm³/mol. The monoisotopic (exact) mass is 326 g/mol. The van der Waals surface area contributed by atoms with Crippen molar-refractivity contribution in [1.82, 2.24) is 4.57 Å². The SMILES string of the molecule is CCOC(=O)c1ccc2c(c1)C(n1ccccc1=O)=NC(C)(C)O2. The molecule has 6 heteroatoms. The molecule has 1 aromatic carbocycles. The van der Waals surface area contributed by atoms with Crippen LogP contribution in [0.25, 0.3) is 0 Å². The first-order valence-electron chi connectivity index (χ1n) is 7.70. The van der Waals surface area contributed by atoms with E-state index in [4.69, 9.17) is 9.47 Å². The third-order valence-corrected chi connectivity index (χ3v) is 3.52. The standard InChI is InChI=1S/C18H18N2O4/c1-4-23-17(22)12-8-9-14-13(11-12)16(19-18(2,3)24-14)20-10-6-5-7-15(20)21/h5-11H,4H2,1-3H3. The van der Waals surface area contributed by atoms with Crippen molar-refractivity contribution in [3.8, 4) is 5.75 Å². The van der Waals surface area contributed by atoms with Gasteiger partial charge in [-0.25, -0.2) is 9.79 Å². The zero-order valence-electron chi connectivity index (χ0n) is 13.8. The number of fused-ring (bicyclic) bond motifs is 1. The van der Waals surface area contributed by atoms with Gasteiger partial charge in [0.25, 0.3) is 5.56 Å². The van der Waals surface area contributed by atoms with E-state index in [2.05, 4.69) is 4.99 Å². The summed E-state index contributed by atoms with van der Waals surface area (Å²) in [6.45, 7) is 5.66. The van der Waals surface area contributed by atoms with Crippen LogP contribution in [-0.2, 0) is 4.74 Å². The van der Waals surface area contributed by atoms with E-state index in [1.54, 1.807) is 43.5 Å². The number of rotatable bonds is 2. The largest absolute Gasteiger partial charge is 0.466 e. The molecule has 1 aromatic heterocycles. The van der Waals surface area contributed by atoms with Gasteiger partial charge < -0.3 is 9.47 Å². The normalized spacial score (nSPS) is 15.0. The van der Waals surface area contributed by atoms with Crippen molar-refractivity contribution in [2.24, 2.45) is 4.99 Å². The Hall–Kier alpha value is -2.89. The summed E-state index contributed by atoms with van der Waals surface area (Å²) in [6, 6.07) is 9.86. The van der Waals surface area contributed by atoms with Crippen LogP contribution in [0.1, 0.15) is 36.7 Å². The average Bonchev–Trinajstić information content (AvgIpc) is 2.53. The molecular weight excluding hydrogens is 308 g/mol. The number of aromatic nitrogens is 1. The first-order chi connectivity index (χ1) is 11.4. The van der Waals surface area contributed by atoms with Gasteiger partial charge in [-0.15, -0.1) is 0 Å². The number of carbonyl (C=O) groups is 1. The first-order valence-corrected chi connectivity index (χ1v) is 7.70. The number of esters is 1. The van der Waals surface area contributed by atoms with E-state index in [1.807, 2.05) is 13.8 Å². The van der Waals surface area contributed by atoms with Crippen molar-refractivity contribution >= 4 is 11.8 Å². The molecule has 0 fully saturated rings. The molecule has 0 spiro atoms. The second kappa shape index (κ2) is 5.96. The number of benzene rings is 1. The van der Waals surface area contributed by atoms with E-state index in [-0.39, 0.29) is 5.56 Å². The maximum absolute atomic E-state index is 12.2. The Balaban J connectivity index is 2.18. The minimum atomic E-state index is -0.816. The van der Waals surface area contributed by atoms with Crippen molar-refractivity contribution in [3.05, 3.63) is 64.1 Å². The second-order valence-electron chi connectivity index (χ2n) is 5.82. The quantitative estimate of drug-likeness (QED) is 0.795. The predicted octanol–water partition coefficient (Wildman–Crippen LogP) is 2.45. The topological polar surface area (TPSA) is 69.9 Å². The highest BCUT2D eigenvalue weighted by Crippen LogP contribution is 2.31. The molecule has 3 rings (SSSR count). The molecule has 0 atom stereocenters. The third-order valence-electron chi connectivity index (χ3n) is 3.52. The van der Waals surface area contributed by atoms with Gasteiger partial charge in [0, 0.05) is 12.3 Å². The molecule has 0 N–H and O–H groups in total. The lowest BCUT2D eigenvalue weighted by molar-refractivity contribution is 0.0526. The van der Waals surface area contributed by atoms with Crippen molar-refractivity contribution < 1.29 is 14.3 Å². The third kappa shape index (κ3) is 2.95. The van der Waals surface area contributed by atoms with Gasteiger partial charge >= 0.3 is 5.97 Å². The van der Waals surface area contributed by atoms with Crippen molar-refractivity contribution in [2.45, 2.75) is 26.5 Å². The summed E-state index contributed by atoms with van der Waals surface area (Å²) < 4.78 is 12.3. The number of hydrogen-bond acceptors (Lipinski definition) is 5. The minimum absolute atomic E-state index is 0.207.